The van der Waals surface area contributed by atoms with Crippen LogP contribution in [-0.4, -0.2) is 18.2 Å². The van der Waals surface area contributed by atoms with Gasteiger partial charge >= 0.3 is 6.09 Å². The molecule has 20 heavy (non-hydrogen) atoms. The van der Waals surface area contributed by atoms with Crippen molar-refractivity contribution in [3.05, 3.63) is 35.4 Å². The van der Waals surface area contributed by atoms with Crippen LogP contribution >= 0.6 is 25.5 Å². The molecule has 0 radical (unpaired) electrons. The molecule has 0 aliphatic rings. The summed E-state index contributed by atoms with van der Waals surface area (Å²) >= 11 is 8.19. The maximum atomic E-state index is 11.5. The lowest BCUT2D eigenvalue weighted by molar-refractivity contribution is 0.0528. The van der Waals surface area contributed by atoms with Gasteiger partial charge in [-0.15, -0.1) is 0 Å². The van der Waals surface area contributed by atoms with E-state index in [9.17, 15) is 4.79 Å². The number of alkyl carbamates (subject to hydrolysis) is 1. The average molecular weight is 315 g/mol. The van der Waals surface area contributed by atoms with Gasteiger partial charge in [-0.05, 0) is 44.8 Å². The van der Waals surface area contributed by atoms with Crippen molar-refractivity contribution in [2.45, 2.75) is 38.2 Å². The lowest BCUT2D eigenvalue weighted by Gasteiger charge is -2.20. The highest BCUT2D eigenvalue weighted by molar-refractivity contribution is 7.80. The molecule has 0 saturated heterocycles. The molecule has 1 rings (SSSR count). The molecule has 0 bridgehead atoms. The fourth-order valence-corrected chi connectivity index (χ4v) is 1.94. The van der Waals surface area contributed by atoms with Gasteiger partial charge in [-0.1, -0.05) is 24.3 Å². The van der Waals surface area contributed by atoms with E-state index >= 15 is 0 Å². The number of nitrogens with one attached hydrogen (secondary N) is 1. The van der Waals surface area contributed by atoms with Crippen molar-refractivity contribution in [3.63, 3.8) is 0 Å². The molecule has 1 N–H and O–H groups in total. The summed E-state index contributed by atoms with van der Waals surface area (Å²) in [6.45, 7) is 6.34. The first kappa shape index (κ1) is 17.2. The molecule has 0 saturated carbocycles. The summed E-state index contributed by atoms with van der Waals surface area (Å²) < 4.78 is 9.92. The summed E-state index contributed by atoms with van der Waals surface area (Å²) in [5.41, 5.74) is 1.56. The van der Waals surface area contributed by atoms with E-state index in [-0.39, 0.29) is 5.25 Å². The minimum Gasteiger partial charge on any atom is -0.444 e. The largest absolute Gasteiger partial charge is 0.444 e. The molecule has 0 heterocycles. The first-order valence-electron chi connectivity index (χ1n) is 6.32. The van der Waals surface area contributed by atoms with E-state index in [0.717, 1.165) is 11.1 Å². The van der Waals surface area contributed by atoms with E-state index in [1.165, 1.54) is 0 Å². The minimum absolute atomic E-state index is 0.0894. The Bertz CT molecular complexity index is 429. The molecule has 0 aromatic heterocycles. The fourth-order valence-electron chi connectivity index (χ4n) is 1.52. The zero-order chi connectivity index (χ0) is 15.2. The number of amides is 1. The van der Waals surface area contributed by atoms with Crippen LogP contribution in [0.2, 0.25) is 0 Å². The molecule has 0 aliphatic heterocycles. The zero-order valence-corrected chi connectivity index (χ0v) is 13.7. The van der Waals surface area contributed by atoms with Gasteiger partial charge < -0.3 is 14.2 Å². The van der Waals surface area contributed by atoms with E-state index < -0.39 is 11.7 Å². The highest BCUT2D eigenvalue weighted by Crippen LogP contribution is 2.20. The molecule has 112 valence electrons. The third kappa shape index (κ3) is 6.54. The van der Waals surface area contributed by atoms with Gasteiger partial charge in [-0.25, -0.2) is 4.79 Å². The first-order chi connectivity index (χ1) is 9.31. The molecule has 1 unspecified atom stereocenters. The van der Waals surface area contributed by atoms with E-state index in [2.05, 4.69) is 30.9 Å². The van der Waals surface area contributed by atoms with Gasteiger partial charge in [0.25, 0.3) is 0 Å². The Hall–Kier alpha value is -0.850. The standard InChI is InChI=1S/C14H21NO3S2/c1-14(2,3)18-13(16)15-8-12(19)11-6-4-10(5-7-11)9-17-20/h4-7,12,19-20H,8-9H2,1-3H3,(H,15,16). The number of hydrogen-bond donors (Lipinski definition) is 3. The number of hydrogen-bond acceptors (Lipinski definition) is 5. The van der Waals surface area contributed by atoms with Crippen LogP contribution in [0.5, 0.6) is 0 Å². The fraction of sp³-hybridized carbons (Fsp3) is 0.500. The number of benzene rings is 1. The number of ether oxygens (including phenoxy) is 1. The molecule has 1 amide bonds. The molecule has 1 aromatic rings. The Morgan fingerprint density at radius 1 is 1.30 bits per heavy atom. The predicted octanol–water partition coefficient (Wildman–Crippen LogP) is 3.54. The Kier molecular flexibility index (Phi) is 6.71. The van der Waals surface area contributed by atoms with E-state index in [1.807, 2.05) is 45.0 Å². The van der Waals surface area contributed by atoms with E-state index in [1.54, 1.807) is 0 Å². The van der Waals surface area contributed by atoms with Crippen molar-refractivity contribution in [2.75, 3.05) is 6.54 Å². The molecule has 1 aromatic carbocycles. The van der Waals surface area contributed by atoms with Crippen LogP contribution in [0.1, 0.15) is 37.1 Å². The van der Waals surface area contributed by atoms with E-state index in [4.69, 9.17) is 8.92 Å². The highest BCUT2D eigenvalue weighted by atomic mass is 32.1. The average Bonchev–Trinajstić information content (AvgIpc) is 2.35. The smallest absolute Gasteiger partial charge is 0.407 e. The molecule has 0 aliphatic carbocycles. The van der Waals surface area contributed by atoms with Crippen molar-refractivity contribution >= 4 is 31.6 Å². The summed E-state index contributed by atoms with van der Waals surface area (Å²) in [4.78, 5) is 11.5. The molecule has 0 spiro atoms. The van der Waals surface area contributed by atoms with Gasteiger partial charge in [0.1, 0.15) is 5.60 Å². The molecule has 1 atom stereocenters. The van der Waals surface area contributed by atoms with Gasteiger partial charge in [0.05, 0.1) is 6.61 Å². The second-order valence-electron chi connectivity index (χ2n) is 5.41. The van der Waals surface area contributed by atoms with Crippen LogP contribution in [0.4, 0.5) is 4.79 Å². The maximum absolute atomic E-state index is 11.5. The molecule has 4 nitrogen and oxygen atoms in total. The zero-order valence-electron chi connectivity index (χ0n) is 11.9. The van der Waals surface area contributed by atoms with Gasteiger partial charge in [-0.2, -0.15) is 12.6 Å². The SMILES string of the molecule is CC(C)(C)OC(=O)NCC(S)c1ccc(COS)cc1. The second-order valence-corrected chi connectivity index (χ2v) is 6.30. The molecular weight excluding hydrogens is 294 g/mol. The van der Waals surface area contributed by atoms with Crippen LogP contribution in [-0.2, 0) is 15.5 Å². The van der Waals surface area contributed by atoms with Crippen molar-refractivity contribution in [1.82, 2.24) is 5.32 Å². The predicted molar refractivity (Wildman–Crippen MR) is 86.2 cm³/mol. The monoisotopic (exact) mass is 315 g/mol. The van der Waals surface area contributed by atoms with Crippen LogP contribution in [0, 0.1) is 0 Å². The Morgan fingerprint density at radius 2 is 1.90 bits per heavy atom. The second kappa shape index (κ2) is 7.81. The molecule has 6 heteroatoms. The van der Waals surface area contributed by atoms with Crippen molar-refractivity contribution in [2.24, 2.45) is 0 Å². The third-order valence-electron chi connectivity index (χ3n) is 2.43. The lowest BCUT2D eigenvalue weighted by Crippen LogP contribution is -2.34. The Balaban J connectivity index is 2.46. The van der Waals surface area contributed by atoms with Gasteiger partial charge in [0, 0.05) is 11.8 Å². The summed E-state index contributed by atoms with van der Waals surface area (Å²) in [6.07, 6.45) is -0.434. The lowest BCUT2D eigenvalue weighted by atomic mass is 10.1. The number of rotatable bonds is 5. The third-order valence-corrected chi connectivity index (χ3v) is 3.04. The highest BCUT2D eigenvalue weighted by Gasteiger charge is 2.16. The van der Waals surface area contributed by atoms with Crippen LogP contribution in [0.25, 0.3) is 0 Å². The number of thiol groups is 2. The van der Waals surface area contributed by atoms with Crippen molar-refractivity contribution in [3.8, 4) is 0 Å². The Morgan fingerprint density at radius 3 is 2.40 bits per heavy atom. The summed E-state index contributed by atoms with van der Waals surface area (Å²) in [5.74, 6) is 0. The number of carbonyl (C=O) groups is 1. The van der Waals surface area contributed by atoms with Crippen molar-refractivity contribution in [1.29, 1.82) is 0 Å². The number of carbonyl (C=O) groups excluding carboxylic acids is 1. The van der Waals surface area contributed by atoms with Crippen LogP contribution in [0.15, 0.2) is 24.3 Å². The van der Waals surface area contributed by atoms with Crippen molar-refractivity contribution < 1.29 is 13.7 Å². The van der Waals surface area contributed by atoms with Crippen LogP contribution < -0.4 is 5.32 Å². The van der Waals surface area contributed by atoms with E-state index in [0.29, 0.717) is 13.2 Å². The maximum Gasteiger partial charge on any atom is 0.407 e. The normalized spacial score (nSPS) is 12.8. The summed E-state index contributed by atoms with van der Waals surface area (Å²) in [7, 11) is 0. The molecule has 0 fully saturated rings. The first-order valence-corrected chi connectivity index (χ1v) is 7.20. The Labute approximate surface area is 131 Å². The quantitative estimate of drug-likeness (QED) is 0.575. The minimum atomic E-state index is -0.495. The van der Waals surface area contributed by atoms with Gasteiger partial charge in [0.2, 0.25) is 0 Å². The van der Waals surface area contributed by atoms with Crippen LogP contribution in [0.3, 0.4) is 0 Å². The molecular formula is C14H21NO3S2. The van der Waals surface area contributed by atoms with Gasteiger partial charge in [-0.3, -0.25) is 0 Å². The topological polar surface area (TPSA) is 47.6 Å². The summed E-state index contributed by atoms with van der Waals surface area (Å²) in [6, 6.07) is 7.80. The van der Waals surface area contributed by atoms with Gasteiger partial charge in [0.15, 0.2) is 0 Å². The summed E-state index contributed by atoms with van der Waals surface area (Å²) in [5, 5.41) is 2.61.